The Morgan fingerprint density at radius 1 is 1.17 bits per heavy atom. The molecule has 7 nitrogen and oxygen atoms in total. The zero-order valence-electron chi connectivity index (χ0n) is 16.7. The van der Waals surface area contributed by atoms with Crippen LogP contribution in [-0.2, 0) is 17.9 Å². The van der Waals surface area contributed by atoms with Crippen molar-refractivity contribution in [2.45, 2.75) is 45.3 Å². The normalized spacial score (nSPS) is 16.9. The summed E-state index contributed by atoms with van der Waals surface area (Å²) < 4.78 is 5.35. The van der Waals surface area contributed by atoms with Gasteiger partial charge in [0.15, 0.2) is 12.4 Å². The van der Waals surface area contributed by atoms with E-state index < -0.39 is 4.92 Å². The SMILES string of the molecule is C[C@H]1CCCCN1Cc1ccccc1CNC(=O)COc1ccccc1[N+](=O)[O-]. The summed E-state index contributed by atoms with van der Waals surface area (Å²) in [6.07, 6.45) is 3.74. The van der Waals surface area contributed by atoms with Crippen LogP contribution >= 0.6 is 0 Å². The molecule has 1 N–H and O–H groups in total. The predicted octanol–water partition coefficient (Wildman–Crippen LogP) is 3.66. The fourth-order valence-corrected chi connectivity index (χ4v) is 3.61. The van der Waals surface area contributed by atoms with E-state index in [2.05, 4.69) is 23.2 Å². The zero-order valence-corrected chi connectivity index (χ0v) is 16.7. The molecular weight excluding hydrogens is 370 g/mol. The minimum atomic E-state index is -0.523. The van der Waals surface area contributed by atoms with Gasteiger partial charge in [-0.15, -0.1) is 0 Å². The number of piperidine rings is 1. The van der Waals surface area contributed by atoms with Gasteiger partial charge in [-0.05, 0) is 43.5 Å². The van der Waals surface area contributed by atoms with E-state index in [1.54, 1.807) is 12.1 Å². The van der Waals surface area contributed by atoms with Crippen LogP contribution in [0.5, 0.6) is 5.75 Å². The van der Waals surface area contributed by atoms with Crippen LogP contribution in [0.3, 0.4) is 0 Å². The third kappa shape index (κ3) is 5.77. The van der Waals surface area contributed by atoms with Gasteiger partial charge >= 0.3 is 5.69 Å². The predicted molar refractivity (Wildman–Crippen MR) is 111 cm³/mol. The van der Waals surface area contributed by atoms with Crippen LogP contribution in [0.25, 0.3) is 0 Å². The number of hydrogen-bond donors (Lipinski definition) is 1. The van der Waals surface area contributed by atoms with Crippen LogP contribution in [0.2, 0.25) is 0 Å². The summed E-state index contributed by atoms with van der Waals surface area (Å²) in [6, 6.07) is 14.7. The Morgan fingerprint density at radius 3 is 2.66 bits per heavy atom. The number of benzene rings is 2. The number of para-hydroxylation sites is 2. The van der Waals surface area contributed by atoms with Crippen LogP contribution in [0.15, 0.2) is 48.5 Å². The zero-order chi connectivity index (χ0) is 20.6. The molecule has 29 heavy (non-hydrogen) atoms. The minimum absolute atomic E-state index is 0.0899. The second-order valence-corrected chi connectivity index (χ2v) is 7.37. The van der Waals surface area contributed by atoms with Gasteiger partial charge in [0.1, 0.15) is 0 Å². The molecule has 1 heterocycles. The fourth-order valence-electron chi connectivity index (χ4n) is 3.61. The molecule has 0 saturated carbocycles. The van der Waals surface area contributed by atoms with E-state index in [0.717, 1.165) is 18.7 Å². The summed E-state index contributed by atoms with van der Waals surface area (Å²) in [6.45, 7) is 4.38. The average molecular weight is 397 g/mol. The van der Waals surface area contributed by atoms with E-state index in [4.69, 9.17) is 4.74 Å². The maximum Gasteiger partial charge on any atom is 0.310 e. The second-order valence-electron chi connectivity index (χ2n) is 7.37. The fraction of sp³-hybridized carbons (Fsp3) is 0.409. The Balaban J connectivity index is 1.55. The van der Waals surface area contributed by atoms with Crippen molar-refractivity contribution in [2.75, 3.05) is 13.2 Å². The molecule has 1 amide bonds. The number of nitrogens with zero attached hydrogens (tertiary/aromatic N) is 2. The summed E-state index contributed by atoms with van der Waals surface area (Å²) in [5.41, 5.74) is 2.13. The van der Waals surface area contributed by atoms with E-state index in [0.29, 0.717) is 12.6 Å². The number of ether oxygens (including phenoxy) is 1. The molecule has 0 aromatic heterocycles. The van der Waals surface area contributed by atoms with Crippen LogP contribution in [-0.4, -0.2) is 34.9 Å². The number of carbonyl (C=O) groups excluding carboxylic acids is 1. The van der Waals surface area contributed by atoms with Crippen molar-refractivity contribution >= 4 is 11.6 Å². The summed E-state index contributed by atoms with van der Waals surface area (Å²) in [5.74, 6) is -0.226. The largest absolute Gasteiger partial charge is 0.477 e. The van der Waals surface area contributed by atoms with Gasteiger partial charge < -0.3 is 10.1 Å². The molecule has 1 fully saturated rings. The van der Waals surface area contributed by atoms with Gasteiger partial charge in [0.2, 0.25) is 0 Å². The lowest BCUT2D eigenvalue weighted by Crippen LogP contribution is -2.37. The highest BCUT2D eigenvalue weighted by atomic mass is 16.6. The van der Waals surface area contributed by atoms with Crippen LogP contribution in [0.4, 0.5) is 5.69 Å². The molecule has 2 aromatic carbocycles. The number of amides is 1. The van der Waals surface area contributed by atoms with Gasteiger partial charge in [0.05, 0.1) is 4.92 Å². The number of nitro groups is 1. The third-order valence-corrected chi connectivity index (χ3v) is 5.33. The van der Waals surface area contributed by atoms with Crippen LogP contribution in [0, 0.1) is 10.1 Å². The Hall–Kier alpha value is -2.93. The molecule has 3 rings (SSSR count). The first kappa shape index (κ1) is 20.8. The molecule has 0 unspecified atom stereocenters. The number of nitrogens with one attached hydrogen (secondary N) is 1. The van der Waals surface area contributed by atoms with Crippen molar-refractivity contribution < 1.29 is 14.5 Å². The molecule has 0 spiro atoms. The maximum absolute atomic E-state index is 12.2. The van der Waals surface area contributed by atoms with Crippen molar-refractivity contribution in [3.8, 4) is 5.75 Å². The summed E-state index contributed by atoms with van der Waals surface area (Å²) in [4.78, 5) is 25.2. The van der Waals surface area contributed by atoms with Gasteiger partial charge in [-0.25, -0.2) is 0 Å². The molecule has 1 atom stereocenters. The molecule has 0 aliphatic carbocycles. The van der Waals surface area contributed by atoms with Crippen molar-refractivity contribution in [1.29, 1.82) is 0 Å². The van der Waals surface area contributed by atoms with Crippen LogP contribution in [0.1, 0.15) is 37.3 Å². The summed E-state index contributed by atoms with van der Waals surface area (Å²) in [7, 11) is 0. The number of carbonyl (C=O) groups is 1. The lowest BCUT2D eigenvalue weighted by molar-refractivity contribution is -0.385. The van der Waals surface area contributed by atoms with Crippen molar-refractivity contribution in [3.63, 3.8) is 0 Å². The Bertz CT molecular complexity index is 855. The number of rotatable bonds is 8. The van der Waals surface area contributed by atoms with E-state index in [1.807, 2.05) is 18.2 Å². The number of likely N-dealkylation sites (tertiary alicyclic amines) is 1. The quantitative estimate of drug-likeness (QED) is 0.543. The lowest BCUT2D eigenvalue weighted by atomic mass is 10.0. The minimum Gasteiger partial charge on any atom is -0.477 e. The second kappa shape index (κ2) is 10.0. The van der Waals surface area contributed by atoms with Crippen molar-refractivity contribution in [1.82, 2.24) is 10.2 Å². The molecule has 0 radical (unpaired) electrons. The third-order valence-electron chi connectivity index (χ3n) is 5.33. The lowest BCUT2D eigenvalue weighted by Gasteiger charge is -2.33. The Labute approximate surface area is 170 Å². The van der Waals surface area contributed by atoms with E-state index in [1.165, 1.54) is 37.0 Å². The van der Waals surface area contributed by atoms with Gasteiger partial charge in [-0.2, -0.15) is 0 Å². The highest BCUT2D eigenvalue weighted by Crippen LogP contribution is 2.25. The number of nitro benzene ring substituents is 1. The van der Waals surface area contributed by atoms with E-state index in [-0.39, 0.29) is 24.0 Å². The standard InChI is InChI=1S/C22H27N3O4/c1-17-8-6-7-13-24(17)15-19-10-3-2-9-18(19)14-23-22(26)16-29-21-12-5-4-11-20(21)25(27)28/h2-5,9-12,17H,6-8,13-16H2,1H3,(H,23,26)/t17-/m0/s1. The first-order chi connectivity index (χ1) is 14.0. The monoisotopic (exact) mass is 397 g/mol. The van der Waals surface area contributed by atoms with Gasteiger partial charge in [0.25, 0.3) is 5.91 Å². The van der Waals surface area contributed by atoms with E-state index in [9.17, 15) is 14.9 Å². The van der Waals surface area contributed by atoms with Gasteiger partial charge in [-0.1, -0.05) is 42.8 Å². The first-order valence-corrected chi connectivity index (χ1v) is 9.98. The molecule has 1 aliphatic rings. The van der Waals surface area contributed by atoms with Crippen molar-refractivity contribution in [3.05, 3.63) is 69.8 Å². The summed E-state index contributed by atoms with van der Waals surface area (Å²) in [5, 5.41) is 13.9. The molecule has 0 bridgehead atoms. The molecule has 154 valence electrons. The molecule has 2 aromatic rings. The number of hydrogen-bond acceptors (Lipinski definition) is 5. The van der Waals surface area contributed by atoms with Gasteiger partial charge in [-0.3, -0.25) is 19.8 Å². The van der Waals surface area contributed by atoms with E-state index >= 15 is 0 Å². The van der Waals surface area contributed by atoms with Crippen molar-refractivity contribution in [2.24, 2.45) is 0 Å². The van der Waals surface area contributed by atoms with Crippen LogP contribution < -0.4 is 10.1 Å². The molecule has 1 saturated heterocycles. The highest BCUT2D eigenvalue weighted by molar-refractivity contribution is 5.77. The smallest absolute Gasteiger partial charge is 0.310 e. The molecule has 1 aliphatic heterocycles. The molecule has 7 heteroatoms. The summed E-state index contributed by atoms with van der Waals surface area (Å²) >= 11 is 0. The Morgan fingerprint density at radius 2 is 1.90 bits per heavy atom. The maximum atomic E-state index is 12.2. The highest BCUT2D eigenvalue weighted by Gasteiger charge is 2.19. The average Bonchev–Trinajstić information content (AvgIpc) is 2.73. The topological polar surface area (TPSA) is 84.7 Å². The first-order valence-electron chi connectivity index (χ1n) is 9.98. The Kier molecular flexibility index (Phi) is 7.19. The van der Waals surface area contributed by atoms with Gasteiger partial charge in [0, 0.05) is 25.2 Å². The molecular formula is C22H27N3O4.